The summed E-state index contributed by atoms with van der Waals surface area (Å²) in [6, 6.07) is 20.6. The van der Waals surface area contributed by atoms with Gasteiger partial charge < -0.3 is 9.90 Å². The quantitative estimate of drug-likeness (QED) is 0.760. The van der Waals surface area contributed by atoms with Gasteiger partial charge in [0.25, 0.3) is 8.32 Å². The van der Waals surface area contributed by atoms with Crippen LogP contribution in [0.3, 0.4) is 0 Å². The highest BCUT2D eigenvalue weighted by Gasteiger charge is 2.49. The topological polar surface area (TPSA) is 40.5 Å². The Balaban J connectivity index is 1.86. The highest BCUT2D eigenvalue weighted by atomic mass is 28.4. The second-order valence-corrected chi connectivity index (χ2v) is 12.5. The Morgan fingerprint density at radius 3 is 1.77 bits per heavy atom. The van der Waals surface area contributed by atoms with E-state index in [-0.39, 0.29) is 11.1 Å². The van der Waals surface area contributed by atoms with Gasteiger partial charge in [0.15, 0.2) is 0 Å². The highest BCUT2D eigenvalue weighted by molar-refractivity contribution is 6.98. The van der Waals surface area contributed by atoms with E-state index in [0.29, 0.717) is 5.92 Å². The second kappa shape index (κ2) is 8.08. The molecule has 0 aliphatic heterocycles. The van der Waals surface area contributed by atoms with Gasteiger partial charge >= 0.3 is 0 Å². The van der Waals surface area contributed by atoms with Gasteiger partial charge in [-0.1, -0.05) is 80.9 Å². The van der Waals surface area contributed by atoms with Crippen LogP contribution in [0.1, 0.15) is 52.4 Å². The normalized spacial score (nSPS) is 21.5. The Kier molecular flexibility index (Phi) is 6.01. The van der Waals surface area contributed by atoms with Crippen LogP contribution in [0.15, 0.2) is 60.7 Å². The summed E-state index contributed by atoms with van der Waals surface area (Å²) in [5, 5.41) is 11.8. The summed E-state index contributed by atoms with van der Waals surface area (Å²) in [4.78, 5) is 12.2. The van der Waals surface area contributed by atoms with Crippen LogP contribution < -0.4 is 10.4 Å². The Morgan fingerprint density at radius 1 is 0.846 bits per heavy atom. The first kappa shape index (κ1) is 19.3. The molecule has 0 saturated heterocycles. The number of aliphatic hydroxyl groups is 1. The third-order valence-corrected chi connectivity index (χ3v) is 10.9. The molecule has 140 valence electrons. The molecule has 3 rings (SSSR count). The molecule has 0 amide bonds. The van der Waals surface area contributed by atoms with E-state index in [1.807, 2.05) is 36.4 Å². The molecule has 3 heteroatoms. The number of aliphatic hydroxyl groups excluding tert-OH is 1. The summed E-state index contributed by atoms with van der Waals surface area (Å²) < 4.78 is 0. The van der Waals surface area contributed by atoms with Gasteiger partial charge in [0.1, 0.15) is 0 Å². The summed E-state index contributed by atoms with van der Waals surface area (Å²) in [5.74, 6) is 0.683. The Hall–Kier alpha value is -1.42. The summed E-state index contributed by atoms with van der Waals surface area (Å²) in [5.41, 5.74) is 0. The number of hydrogen-bond acceptors (Lipinski definition) is 2. The first-order valence-electron chi connectivity index (χ1n) is 9.95. The van der Waals surface area contributed by atoms with Crippen LogP contribution in [-0.4, -0.2) is 24.3 Å². The third-order valence-electron chi connectivity index (χ3n) is 6.36. The van der Waals surface area contributed by atoms with E-state index in [2.05, 4.69) is 38.1 Å². The van der Waals surface area contributed by atoms with Crippen LogP contribution in [0.4, 0.5) is 0 Å². The van der Waals surface area contributed by atoms with E-state index >= 15 is 0 Å². The van der Waals surface area contributed by atoms with E-state index in [9.17, 15) is 9.90 Å². The first-order valence-corrected chi connectivity index (χ1v) is 11.9. The lowest BCUT2D eigenvalue weighted by Crippen LogP contribution is -2.65. The first-order chi connectivity index (χ1) is 12.4. The molecular weight excluding hydrogens is 336 g/mol. The fraction of sp³-hybridized carbons (Fsp3) is 0.478. The molecule has 2 aromatic carbocycles. The van der Waals surface area contributed by atoms with Crippen LogP contribution >= 0.6 is 0 Å². The van der Waals surface area contributed by atoms with Gasteiger partial charge in [-0.2, -0.15) is 0 Å². The van der Waals surface area contributed by atoms with Crippen LogP contribution in [0.5, 0.6) is 0 Å². The minimum Gasteiger partial charge on any atom is -0.424 e. The lowest BCUT2D eigenvalue weighted by atomic mass is 9.83. The van der Waals surface area contributed by atoms with E-state index in [4.69, 9.17) is 0 Å². The zero-order valence-electron chi connectivity index (χ0n) is 16.1. The lowest BCUT2D eigenvalue weighted by Gasteiger charge is -2.42. The average molecular weight is 369 g/mol. The molecule has 0 bridgehead atoms. The van der Waals surface area contributed by atoms with Gasteiger partial charge in [-0.25, -0.2) is 0 Å². The van der Waals surface area contributed by atoms with Crippen molar-refractivity contribution in [3.05, 3.63) is 60.7 Å². The van der Waals surface area contributed by atoms with Crippen molar-refractivity contribution >= 4 is 18.7 Å². The minimum atomic E-state index is -2.88. The molecule has 2 N–H and O–H groups in total. The largest absolute Gasteiger partial charge is 0.424 e. The molecule has 0 unspecified atom stereocenters. The van der Waals surface area contributed by atoms with Crippen LogP contribution in [0.25, 0.3) is 0 Å². The van der Waals surface area contributed by atoms with Gasteiger partial charge in [0, 0.05) is 0 Å². The van der Waals surface area contributed by atoms with E-state index < -0.39 is 8.32 Å². The molecule has 2 nitrogen and oxygen atoms in total. The van der Waals surface area contributed by atoms with Crippen LogP contribution in [0, 0.1) is 5.92 Å². The summed E-state index contributed by atoms with van der Waals surface area (Å²) in [6.07, 6.45) is 6.16. The number of hydrogen-bond donors (Lipinski definition) is 2. The molecule has 0 atom stereocenters. The van der Waals surface area contributed by atoms with Gasteiger partial charge in [0.05, 0.1) is 6.10 Å². The molecule has 0 aromatic heterocycles. The van der Waals surface area contributed by atoms with Gasteiger partial charge in [0.2, 0.25) is 0 Å². The van der Waals surface area contributed by atoms with Crippen LogP contribution in [0.2, 0.25) is 5.04 Å². The van der Waals surface area contributed by atoms with Crippen molar-refractivity contribution < 1.29 is 9.90 Å². The minimum absolute atomic E-state index is 0.0980. The SMILES string of the molecule is CC(C)(CC[C@H]1CC[C@H](O)CC1)[Si](O)(c1ccccc1)c1ccccc1. The van der Waals surface area contributed by atoms with Crippen molar-refractivity contribution in [3.63, 3.8) is 0 Å². The van der Waals surface area contributed by atoms with Crippen molar-refractivity contribution in [2.24, 2.45) is 5.92 Å². The molecule has 26 heavy (non-hydrogen) atoms. The van der Waals surface area contributed by atoms with Crippen molar-refractivity contribution in [3.8, 4) is 0 Å². The Labute approximate surface area is 159 Å². The van der Waals surface area contributed by atoms with Gasteiger partial charge in [-0.05, 0) is 53.4 Å². The lowest BCUT2D eigenvalue weighted by molar-refractivity contribution is 0.105. The fourth-order valence-electron chi connectivity index (χ4n) is 4.49. The average Bonchev–Trinajstić information content (AvgIpc) is 2.68. The van der Waals surface area contributed by atoms with E-state index in [0.717, 1.165) is 48.9 Å². The maximum atomic E-state index is 12.2. The summed E-state index contributed by atoms with van der Waals surface area (Å²) >= 11 is 0. The predicted molar refractivity (Wildman–Crippen MR) is 111 cm³/mol. The van der Waals surface area contributed by atoms with Crippen molar-refractivity contribution in [1.82, 2.24) is 0 Å². The zero-order valence-corrected chi connectivity index (χ0v) is 17.1. The van der Waals surface area contributed by atoms with Crippen molar-refractivity contribution in [2.75, 3.05) is 0 Å². The molecule has 1 fully saturated rings. The smallest absolute Gasteiger partial charge is 0.258 e. The molecular formula is C23H32O2Si. The molecule has 1 aliphatic carbocycles. The monoisotopic (exact) mass is 368 g/mol. The van der Waals surface area contributed by atoms with Gasteiger partial charge in [-0.15, -0.1) is 0 Å². The molecule has 0 spiro atoms. The molecule has 1 aliphatic rings. The third kappa shape index (κ3) is 3.95. The van der Waals surface area contributed by atoms with Crippen LogP contribution in [-0.2, 0) is 0 Å². The second-order valence-electron chi connectivity index (χ2n) is 8.54. The zero-order chi connectivity index (χ0) is 18.6. The predicted octanol–water partition coefficient (Wildman–Crippen LogP) is 3.85. The maximum absolute atomic E-state index is 12.2. The van der Waals surface area contributed by atoms with Crippen molar-refractivity contribution in [1.29, 1.82) is 0 Å². The number of benzene rings is 2. The van der Waals surface area contributed by atoms with Gasteiger partial charge in [-0.3, -0.25) is 0 Å². The molecule has 0 heterocycles. The Morgan fingerprint density at radius 2 is 1.31 bits per heavy atom. The molecule has 2 aromatic rings. The summed E-state index contributed by atoms with van der Waals surface area (Å²) in [6.45, 7) is 4.49. The fourth-order valence-corrected chi connectivity index (χ4v) is 8.24. The molecule has 0 radical (unpaired) electrons. The van der Waals surface area contributed by atoms with E-state index in [1.54, 1.807) is 0 Å². The van der Waals surface area contributed by atoms with E-state index in [1.165, 1.54) is 0 Å². The molecule has 1 saturated carbocycles. The standard InChI is InChI=1S/C23H32O2Si/c1-23(2,18-17-19-13-15-20(24)16-14-19)26(25,21-9-5-3-6-10-21)22-11-7-4-8-12-22/h3-12,19-20,24-25H,13-18H2,1-2H3/t19-,20-. The van der Waals surface area contributed by atoms with Crippen molar-refractivity contribution in [2.45, 2.75) is 63.5 Å². The summed E-state index contributed by atoms with van der Waals surface area (Å²) in [7, 11) is -2.88. The highest BCUT2D eigenvalue weighted by Crippen LogP contribution is 2.42. The Bertz CT molecular complexity index is 636. The number of rotatable bonds is 6. The maximum Gasteiger partial charge on any atom is 0.258 e.